The highest BCUT2D eigenvalue weighted by atomic mass is 35.5. The van der Waals surface area contributed by atoms with Crippen molar-refractivity contribution >= 4 is 28.8 Å². The molecule has 116 valence electrons. The first-order valence-electron chi connectivity index (χ1n) is 7.33. The second-order valence-corrected chi connectivity index (χ2v) is 6.70. The van der Waals surface area contributed by atoms with Crippen LogP contribution in [-0.2, 0) is 13.1 Å². The van der Waals surface area contributed by atoms with Gasteiger partial charge in [-0.15, -0.1) is 11.3 Å². The van der Waals surface area contributed by atoms with E-state index in [1.165, 1.54) is 4.88 Å². The summed E-state index contributed by atoms with van der Waals surface area (Å²) in [5, 5.41) is 2.66. The lowest BCUT2D eigenvalue weighted by Crippen LogP contribution is -2.29. The average molecular weight is 342 g/mol. The molecule has 0 spiro atoms. The van der Waals surface area contributed by atoms with E-state index in [1.807, 2.05) is 46.7 Å². The van der Waals surface area contributed by atoms with Crippen LogP contribution in [0.25, 0.3) is 0 Å². The zero-order chi connectivity index (χ0) is 16.1. The largest absolute Gasteiger partial charge is 0.329 e. The fraction of sp³-hybridized carbons (Fsp3) is 0.105. The Hall–Kier alpha value is -2.10. The first kappa shape index (κ1) is 15.8. The van der Waals surface area contributed by atoms with Gasteiger partial charge in [-0.2, -0.15) is 0 Å². The number of thiophene rings is 1. The van der Waals surface area contributed by atoms with Gasteiger partial charge in [0.05, 0.1) is 6.54 Å². The van der Waals surface area contributed by atoms with E-state index in [4.69, 9.17) is 11.6 Å². The number of nitrogens with zero attached hydrogens (tertiary/aromatic N) is 1. The Kier molecular flexibility index (Phi) is 5.11. The average Bonchev–Trinajstić information content (AvgIpc) is 3.08. The molecule has 0 aliphatic heterocycles. The quantitative estimate of drug-likeness (QED) is 0.621. The normalized spacial score (nSPS) is 10.5. The molecular weight excluding hydrogens is 326 g/mol. The van der Waals surface area contributed by atoms with Crippen molar-refractivity contribution in [2.24, 2.45) is 0 Å². The number of amides is 1. The maximum absolute atomic E-state index is 12.9. The van der Waals surface area contributed by atoms with Gasteiger partial charge in [-0.1, -0.05) is 48.0 Å². The maximum atomic E-state index is 12.9. The molecule has 0 fully saturated rings. The van der Waals surface area contributed by atoms with Gasteiger partial charge in [0.2, 0.25) is 0 Å². The van der Waals surface area contributed by atoms with E-state index in [-0.39, 0.29) is 5.91 Å². The van der Waals surface area contributed by atoms with Crippen molar-refractivity contribution in [1.82, 2.24) is 4.90 Å². The lowest BCUT2D eigenvalue weighted by atomic mass is 10.1. The molecular formula is C19H16ClNOS. The van der Waals surface area contributed by atoms with Gasteiger partial charge in [-0.05, 0) is 41.3 Å². The van der Waals surface area contributed by atoms with Crippen molar-refractivity contribution in [3.05, 3.63) is 93.1 Å². The van der Waals surface area contributed by atoms with Crippen LogP contribution < -0.4 is 0 Å². The van der Waals surface area contributed by atoms with E-state index in [2.05, 4.69) is 6.07 Å². The third kappa shape index (κ3) is 4.21. The van der Waals surface area contributed by atoms with Crippen LogP contribution in [0.3, 0.4) is 0 Å². The number of benzene rings is 2. The number of carbonyl (C=O) groups is 1. The zero-order valence-corrected chi connectivity index (χ0v) is 14.1. The summed E-state index contributed by atoms with van der Waals surface area (Å²) in [6.07, 6.45) is 0. The summed E-state index contributed by atoms with van der Waals surface area (Å²) in [5.41, 5.74) is 1.77. The summed E-state index contributed by atoms with van der Waals surface area (Å²) in [7, 11) is 0. The Bertz CT molecular complexity index is 754. The minimum atomic E-state index is 0.0129. The molecule has 2 nitrogen and oxygen atoms in total. The van der Waals surface area contributed by atoms with Gasteiger partial charge >= 0.3 is 0 Å². The molecule has 0 saturated carbocycles. The van der Waals surface area contributed by atoms with E-state index in [0.29, 0.717) is 23.7 Å². The molecule has 2 aromatic carbocycles. The third-order valence-corrected chi connectivity index (χ3v) is 4.63. The number of carbonyl (C=O) groups excluding carboxylic acids is 1. The third-order valence-electron chi connectivity index (χ3n) is 3.52. The Labute approximate surface area is 145 Å². The summed E-state index contributed by atoms with van der Waals surface area (Å²) < 4.78 is 0. The van der Waals surface area contributed by atoms with E-state index in [0.717, 1.165) is 5.56 Å². The number of rotatable bonds is 5. The smallest absolute Gasteiger partial charge is 0.254 e. The van der Waals surface area contributed by atoms with Crippen molar-refractivity contribution in [1.29, 1.82) is 0 Å². The van der Waals surface area contributed by atoms with Gasteiger partial charge in [-0.25, -0.2) is 0 Å². The standard InChI is InChI=1S/C19H16ClNOS/c20-17-10-8-16(9-11-17)19(22)21(14-18-7-4-12-23-18)13-15-5-2-1-3-6-15/h1-12H,13-14H2. The molecule has 1 heterocycles. The Morgan fingerprint density at radius 3 is 2.30 bits per heavy atom. The number of hydrogen-bond donors (Lipinski definition) is 0. The van der Waals surface area contributed by atoms with Gasteiger partial charge in [0.25, 0.3) is 5.91 Å². The molecule has 0 saturated heterocycles. The molecule has 0 unspecified atom stereocenters. The summed E-state index contributed by atoms with van der Waals surface area (Å²) in [6, 6.07) is 21.2. The molecule has 4 heteroatoms. The highest BCUT2D eigenvalue weighted by Crippen LogP contribution is 2.18. The predicted molar refractivity (Wildman–Crippen MR) is 95.8 cm³/mol. The first-order valence-corrected chi connectivity index (χ1v) is 8.59. The van der Waals surface area contributed by atoms with Crippen LogP contribution in [0.15, 0.2) is 72.1 Å². The van der Waals surface area contributed by atoms with Gasteiger partial charge in [-0.3, -0.25) is 4.79 Å². The van der Waals surface area contributed by atoms with E-state index >= 15 is 0 Å². The van der Waals surface area contributed by atoms with Gasteiger partial charge < -0.3 is 4.90 Å². The van der Waals surface area contributed by atoms with Crippen LogP contribution in [-0.4, -0.2) is 10.8 Å². The Morgan fingerprint density at radius 2 is 1.65 bits per heavy atom. The summed E-state index contributed by atoms with van der Waals surface area (Å²) in [4.78, 5) is 15.9. The van der Waals surface area contributed by atoms with Crippen molar-refractivity contribution in [3.63, 3.8) is 0 Å². The van der Waals surface area contributed by atoms with Crippen LogP contribution >= 0.6 is 22.9 Å². The highest BCUT2D eigenvalue weighted by Gasteiger charge is 2.17. The molecule has 23 heavy (non-hydrogen) atoms. The summed E-state index contributed by atoms with van der Waals surface area (Å²) >= 11 is 7.58. The predicted octanol–water partition coefficient (Wildman–Crippen LogP) is 5.24. The number of halogens is 1. The van der Waals surface area contributed by atoms with Crippen LogP contribution in [0.2, 0.25) is 5.02 Å². The molecule has 0 atom stereocenters. The van der Waals surface area contributed by atoms with Gasteiger partial charge in [0, 0.05) is 22.0 Å². The zero-order valence-electron chi connectivity index (χ0n) is 12.5. The SMILES string of the molecule is O=C(c1ccc(Cl)cc1)N(Cc1ccccc1)Cc1cccs1. The van der Waals surface area contributed by atoms with E-state index in [9.17, 15) is 4.79 Å². The second-order valence-electron chi connectivity index (χ2n) is 5.23. The molecule has 0 aliphatic rings. The topological polar surface area (TPSA) is 20.3 Å². The minimum absolute atomic E-state index is 0.0129. The van der Waals surface area contributed by atoms with Crippen LogP contribution in [0.4, 0.5) is 0 Å². The van der Waals surface area contributed by atoms with Crippen molar-refractivity contribution in [2.45, 2.75) is 13.1 Å². The fourth-order valence-corrected chi connectivity index (χ4v) is 3.21. The van der Waals surface area contributed by atoms with Crippen molar-refractivity contribution < 1.29 is 4.79 Å². The molecule has 3 rings (SSSR count). The molecule has 0 radical (unpaired) electrons. The van der Waals surface area contributed by atoms with Gasteiger partial charge in [0.15, 0.2) is 0 Å². The van der Waals surface area contributed by atoms with Crippen molar-refractivity contribution in [3.8, 4) is 0 Å². The molecule has 0 N–H and O–H groups in total. The summed E-state index contributed by atoms with van der Waals surface area (Å²) in [6.45, 7) is 1.19. The van der Waals surface area contributed by atoms with Crippen LogP contribution in [0, 0.1) is 0 Å². The monoisotopic (exact) mass is 341 g/mol. The van der Waals surface area contributed by atoms with Crippen molar-refractivity contribution in [2.75, 3.05) is 0 Å². The summed E-state index contributed by atoms with van der Waals surface area (Å²) in [5.74, 6) is 0.0129. The maximum Gasteiger partial charge on any atom is 0.254 e. The Balaban J connectivity index is 1.84. The van der Waals surface area contributed by atoms with E-state index in [1.54, 1.807) is 35.6 Å². The highest BCUT2D eigenvalue weighted by molar-refractivity contribution is 7.09. The Morgan fingerprint density at radius 1 is 0.913 bits per heavy atom. The van der Waals surface area contributed by atoms with Crippen LogP contribution in [0.5, 0.6) is 0 Å². The molecule has 0 aliphatic carbocycles. The molecule has 1 aromatic heterocycles. The lowest BCUT2D eigenvalue weighted by molar-refractivity contribution is 0.0732. The van der Waals surface area contributed by atoms with E-state index < -0.39 is 0 Å². The fourth-order valence-electron chi connectivity index (χ4n) is 2.37. The first-order chi connectivity index (χ1) is 11.2. The minimum Gasteiger partial charge on any atom is -0.329 e. The number of hydrogen-bond acceptors (Lipinski definition) is 2. The lowest BCUT2D eigenvalue weighted by Gasteiger charge is -2.22. The second kappa shape index (κ2) is 7.44. The van der Waals surface area contributed by atoms with Gasteiger partial charge in [0.1, 0.15) is 0 Å². The molecule has 1 amide bonds. The van der Waals surface area contributed by atoms with Crippen LogP contribution in [0.1, 0.15) is 20.8 Å². The molecule has 3 aromatic rings. The molecule has 0 bridgehead atoms.